The molecule has 0 bridgehead atoms. The van der Waals surface area contributed by atoms with Gasteiger partial charge in [-0.2, -0.15) is 0 Å². The number of carbonyl (C=O) groups excluding carboxylic acids is 1. The Labute approximate surface area is 365 Å². The Morgan fingerprint density at radius 2 is 1.66 bits per heavy atom. The SMILES string of the molecule is CC[C@@H](c1ccccc1)N1Cc2cc3c(cc2C[C@H]1C(=O)NC(Cc1ccc(-c2ccncc2OC)cc1)C(=O)O)OC[C@H](c1ccc(OCc2ccc(Cl)c(Cl)c2)cc1)O3. The van der Waals surface area contributed by atoms with Gasteiger partial charge in [-0.25, -0.2) is 4.79 Å². The van der Waals surface area contributed by atoms with Crippen LogP contribution in [0.3, 0.4) is 0 Å². The molecule has 0 radical (unpaired) electrons. The molecule has 2 N–H and O–H groups in total. The smallest absolute Gasteiger partial charge is 0.326 e. The van der Waals surface area contributed by atoms with E-state index in [1.54, 1.807) is 31.6 Å². The molecule has 1 aromatic heterocycles. The fraction of sp³-hybridized carbons (Fsp3) is 0.245. The third-order valence-electron chi connectivity index (χ3n) is 11.3. The molecule has 0 fully saturated rings. The molecular formula is C49H45Cl2N3O7. The topological polar surface area (TPSA) is 119 Å². The first-order valence-corrected chi connectivity index (χ1v) is 21.0. The van der Waals surface area contributed by atoms with Crippen LogP contribution in [-0.4, -0.2) is 52.7 Å². The van der Waals surface area contributed by atoms with Crippen molar-refractivity contribution in [3.63, 3.8) is 0 Å². The molecule has 61 heavy (non-hydrogen) atoms. The van der Waals surface area contributed by atoms with Crippen LogP contribution in [0.5, 0.6) is 23.0 Å². The van der Waals surface area contributed by atoms with Gasteiger partial charge < -0.3 is 29.4 Å². The highest BCUT2D eigenvalue weighted by Crippen LogP contribution is 2.43. The van der Waals surface area contributed by atoms with Crippen LogP contribution in [0.15, 0.2) is 128 Å². The highest BCUT2D eigenvalue weighted by atomic mass is 35.5. The molecule has 0 spiro atoms. The Hall–Kier alpha value is -6.07. The van der Waals surface area contributed by atoms with Crippen molar-refractivity contribution in [3.05, 3.63) is 171 Å². The number of nitrogens with zero attached hydrogens (tertiary/aromatic N) is 2. The predicted octanol–water partition coefficient (Wildman–Crippen LogP) is 9.85. The lowest BCUT2D eigenvalue weighted by atomic mass is 9.89. The molecule has 0 saturated heterocycles. The fourth-order valence-electron chi connectivity index (χ4n) is 8.12. The summed E-state index contributed by atoms with van der Waals surface area (Å²) in [6.45, 7) is 3.20. The minimum absolute atomic E-state index is 0.107. The summed E-state index contributed by atoms with van der Waals surface area (Å²) in [6, 6.07) is 34.8. The zero-order valence-electron chi connectivity index (χ0n) is 33.7. The van der Waals surface area contributed by atoms with Gasteiger partial charge in [-0.3, -0.25) is 14.7 Å². The molecule has 1 amide bonds. The number of carboxylic acid groups (broad SMARTS) is 1. The van der Waals surface area contributed by atoms with E-state index < -0.39 is 18.1 Å². The van der Waals surface area contributed by atoms with Gasteiger partial charge in [-0.05, 0) is 94.3 Å². The maximum atomic E-state index is 14.4. The maximum Gasteiger partial charge on any atom is 0.326 e. The quantitative estimate of drug-likeness (QED) is 0.110. The van der Waals surface area contributed by atoms with Crippen LogP contribution in [-0.2, 0) is 35.6 Å². The van der Waals surface area contributed by atoms with Crippen molar-refractivity contribution >= 4 is 35.1 Å². The highest BCUT2D eigenvalue weighted by Gasteiger charge is 2.39. The first-order chi connectivity index (χ1) is 29.7. The van der Waals surface area contributed by atoms with Crippen LogP contribution in [0, 0.1) is 0 Å². The van der Waals surface area contributed by atoms with E-state index >= 15 is 0 Å². The van der Waals surface area contributed by atoms with Crippen LogP contribution in [0.25, 0.3) is 11.1 Å². The van der Waals surface area contributed by atoms with Crippen LogP contribution in [0.4, 0.5) is 0 Å². The minimum Gasteiger partial charge on any atom is -0.494 e. The second kappa shape index (κ2) is 18.7. The Bertz CT molecular complexity index is 2500. The number of ether oxygens (including phenoxy) is 4. The van der Waals surface area contributed by atoms with Crippen molar-refractivity contribution in [2.24, 2.45) is 0 Å². The van der Waals surface area contributed by atoms with E-state index in [1.807, 2.05) is 91.0 Å². The van der Waals surface area contributed by atoms with Crippen LogP contribution in [0.2, 0.25) is 10.0 Å². The largest absolute Gasteiger partial charge is 0.494 e. The van der Waals surface area contributed by atoms with Gasteiger partial charge in [0, 0.05) is 30.8 Å². The van der Waals surface area contributed by atoms with Gasteiger partial charge in [0.05, 0.1) is 29.4 Å². The number of hydrogen-bond acceptors (Lipinski definition) is 8. The van der Waals surface area contributed by atoms with E-state index in [0.29, 0.717) is 59.2 Å². The number of methoxy groups -OCH3 is 1. The lowest BCUT2D eigenvalue weighted by Crippen LogP contribution is -2.55. The second-order valence-electron chi connectivity index (χ2n) is 15.2. The number of fused-ring (bicyclic) bond motifs is 2. The molecular weight excluding hydrogens is 813 g/mol. The molecule has 1 unspecified atom stereocenters. The number of carbonyl (C=O) groups is 2. The van der Waals surface area contributed by atoms with Crippen molar-refractivity contribution in [2.75, 3.05) is 13.7 Å². The molecule has 10 nitrogen and oxygen atoms in total. The third-order valence-corrected chi connectivity index (χ3v) is 12.1. The van der Waals surface area contributed by atoms with E-state index in [4.69, 9.17) is 42.1 Å². The molecule has 2 aliphatic heterocycles. The van der Waals surface area contributed by atoms with E-state index in [9.17, 15) is 14.7 Å². The van der Waals surface area contributed by atoms with Gasteiger partial charge in [-0.1, -0.05) is 103 Å². The van der Waals surface area contributed by atoms with Gasteiger partial charge in [0.15, 0.2) is 17.6 Å². The number of pyridine rings is 1. The summed E-state index contributed by atoms with van der Waals surface area (Å²) >= 11 is 12.2. The van der Waals surface area contributed by atoms with Crippen molar-refractivity contribution in [1.29, 1.82) is 0 Å². The minimum atomic E-state index is -1.14. The molecule has 8 rings (SSSR count). The summed E-state index contributed by atoms with van der Waals surface area (Å²) in [7, 11) is 1.59. The third kappa shape index (κ3) is 9.47. The summed E-state index contributed by atoms with van der Waals surface area (Å²) in [5.41, 5.74) is 7.47. The lowest BCUT2D eigenvalue weighted by molar-refractivity contribution is -0.143. The maximum absolute atomic E-state index is 14.4. The zero-order chi connectivity index (χ0) is 42.5. The summed E-state index contributed by atoms with van der Waals surface area (Å²) < 4.78 is 24.3. The van der Waals surface area contributed by atoms with Gasteiger partial charge in [0.1, 0.15) is 30.8 Å². The summed E-state index contributed by atoms with van der Waals surface area (Å²) in [5, 5.41) is 14.3. The number of aromatic nitrogens is 1. The Kier molecular flexibility index (Phi) is 12.8. The van der Waals surface area contributed by atoms with Gasteiger partial charge in [0.25, 0.3) is 0 Å². The van der Waals surface area contributed by atoms with Gasteiger partial charge >= 0.3 is 5.97 Å². The molecule has 5 aromatic carbocycles. The molecule has 0 aliphatic carbocycles. The standard InChI is InChI=1S/C49H45Cl2N3O7/c1-3-42(33-7-5-4-6-8-33)54-27-36-25-45-44(60-29-47(61-45)34-14-16-37(17-15-34)59-28-31-11-18-39(50)40(51)21-31)24-35(36)23-43(54)48(55)53-41(49(56)57)22-30-9-12-32(13-10-30)38-19-20-52-26-46(38)58-2/h4-21,24-26,41-43,47H,3,22-23,27-29H2,1-2H3,(H,53,55)(H,56,57)/t41?,42-,43-,47+/m0/s1. The monoisotopic (exact) mass is 857 g/mol. The number of amides is 1. The Balaban J connectivity index is 0.992. The van der Waals surface area contributed by atoms with Crippen molar-refractivity contribution in [3.8, 4) is 34.1 Å². The van der Waals surface area contributed by atoms with Gasteiger partial charge in [-0.15, -0.1) is 0 Å². The van der Waals surface area contributed by atoms with Crippen molar-refractivity contribution in [1.82, 2.24) is 15.2 Å². The predicted molar refractivity (Wildman–Crippen MR) is 235 cm³/mol. The highest BCUT2D eigenvalue weighted by molar-refractivity contribution is 6.42. The summed E-state index contributed by atoms with van der Waals surface area (Å²) in [6.07, 6.45) is 4.22. The number of nitrogens with one attached hydrogen (secondary N) is 1. The number of hydrogen-bond donors (Lipinski definition) is 2. The molecule has 4 atom stereocenters. The van der Waals surface area contributed by atoms with E-state index in [2.05, 4.69) is 34.3 Å². The van der Waals surface area contributed by atoms with Gasteiger partial charge in [0.2, 0.25) is 5.91 Å². The average Bonchev–Trinajstić information content (AvgIpc) is 3.29. The average molecular weight is 859 g/mol. The Morgan fingerprint density at radius 3 is 2.38 bits per heavy atom. The number of aliphatic carboxylic acids is 1. The number of carboxylic acids is 1. The normalized spacial score (nSPS) is 16.8. The second-order valence-corrected chi connectivity index (χ2v) is 16.0. The fourth-order valence-corrected chi connectivity index (χ4v) is 8.44. The summed E-state index contributed by atoms with van der Waals surface area (Å²) in [5.74, 6) is 1.13. The van der Waals surface area contributed by atoms with E-state index in [0.717, 1.165) is 50.9 Å². The van der Waals surface area contributed by atoms with Crippen LogP contribution >= 0.6 is 23.2 Å². The van der Waals surface area contributed by atoms with Crippen molar-refractivity contribution < 1.29 is 33.6 Å². The molecule has 2 aliphatic rings. The first kappa shape index (κ1) is 41.7. The Morgan fingerprint density at radius 1 is 0.902 bits per heavy atom. The lowest BCUT2D eigenvalue weighted by Gasteiger charge is -2.42. The molecule has 6 aromatic rings. The summed E-state index contributed by atoms with van der Waals surface area (Å²) in [4.78, 5) is 33.4. The zero-order valence-corrected chi connectivity index (χ0v) is 35.2. The molecule has 312 valence electrons. The van der Waals surface area contributed by atoms with Crippen LogP contribution in [0.1, 0.15) is 58.9 Å². The molecule has 12 heteroatoms. The number of benzene rings is 5. The molecule has 0 saturated carbocycles. The van der Waals surface area contributed by atoms with E-state index in [1.165, 1.54) is 0 Å². The van der Waals surface area contributed by atoms with Crippen molar-refractivity contribution in [2.45, 2.75) is 63.6 Å². The van der Waals surface area contributed by atoms with E-state index in [-0.39, 0.29) is 24.5 Å². The first-order valence-electron chi connectivity index (χ1n) is 20.2. The number of rotatable bonds is 14. The van der Waals surface area contributed by atoms with Crippen LogP contribution < -0.4 is 24.3 Å². The molecule has 3 heterocycles. The number of halogens is 2.